The average Bonchev–Trinajstić information content (AvgIpc) is 2.10. The first-order chi connectivity index (χ1) is 6.57. The SMILES string of the molecule is CC(C)/C(=N/O)c1c(O)cccc1O. The molecule has 0 aliphatic carbocycles. The Morgan fingerprint density at radius 3 is 2.07 bits per heavy atom. The first kappa shape index (κ1) is 10.4. The van der Waals surface area contributed by atoms with Gasteiger partial charge in [0.25, 0.3) is 0 Å². The zero-order valence-corrected chi connectivity index (χ0v) is 8.10. The summed E-state index contributed by atoms with van der Waals surface area (Å²) in [5.41, 5.74) is 0.450. The van der Waals surface area contributed by atoms with E-state index >= 15 is 0 Å². The summed E-state index contributed by atoms with van der Waals surface area (Å²) in [4.78, 5) is 0. The molecule has 14 heavy (non-hydrogen) atoms. The lowest BCUT2D eigenvalue weighted by atomic mass is 9.98. The molecule has 0 bridgehead atoms. The summed E-state index contributed by atoms with van der Waals surface area (Å²) in [5, 5.41) is 30.8. The largest absolute Gasteiger partial charge is 0.507 e. The summed E-state index contributed by atoms with van der Waals surface area (Å²) in [5.74, 6) is -0.266. The van der Waals surface area contributed by atoms with Gasteiger partial charge in [0.05, 0.1) is 11.3 Å². The van der Waals surface area contributed by atoms with Crippen molar-refractivity contribution >= 4 is 5.71 Å². The minimum absolute atomic E-state index is 0.0841. The Bertz CT molecular complexity index is 338. The van der Waals surface area contributed by atoms with Gasteiger partial charge in [-0.1, -0.05) is 25.1 Å². The van der Waals surface area contributed by atoms with Gasteiger partial charge in [0.1, 0.15) is 11.5 Å². The van der Waals surface area contributed by atoms with Gasteiger partial charge in [0.2, 0.25) is 0 Å². The maximum atomic E-state index is 9.49. The van der Waals surface area contributed by atoms with Crippen molar-refractivity contribution in [1.82, 2.24) is 0 Å². The first-order valence-corrected chi connectivity index (χ1v) is 4.31. The minimum Gasteiger partial charge on any atom is -0.507 e. The molecule has 0 radical (unpaired) electrons. The molecular formula is C10H13NO3. The second kappa shape index (κ2) is 4.00. The van der Waals surface area contributed by atoms with Crippen molar-refractivity contribution in [3.63, 3.8) is 0 Å². The number of benzene rings is 1. The van der Waals surface area contributed by atoms with Crippen LogP contribution in [-0.2, 0) is 0 Å². The highest BCUT2D eigenvalue weighted by Crippen LogP contribution is 2.29. The van der Waals surface area contributed by atoms with Gasteiger partial charge in [-0.2, -0.15) is 0 Å². The number of oxime groups is 1. The van der Waals surface area contributed by atoms with Gasteiger partial charge in [-0.15, -0.1) is 0 Å². The fourth-order valence-corrected chi connectivity index (χ4v) is 1.24. The van der Waals surface area contributed by atoms with Crippen LogP contribution in [0.15, 0.2) is 23.4 Å². The number of nitrogens with zero attached hydrogens (tertiary/aromatic N) is 1. The van der Waals surface area contributed by atoms with E-state index in [2.05, 4.69) is 5.16 Å². The van der Waals surface area contributed by atoms with Crippen LogP contribution >= 0.6 is 0 Å². The van der Waals surface area contributed by atoms with Crippen LogP contribution < -0.4 is 0 Å². The van der Waals surface area contributed by atoms with Gasteiger partial charge >= 0.3 is 0 Å². The summed E-state index contributed by atoms with van der Waals surface area (Å²) in [6.45, 7) is 3.61. The molecule has 0 spiro atoms. The van der Waals surface area contributed by atoms with Gasteiger partial charge in [0.15, 0.2) is 0 Å². The van der Waals surface area contributed by atoms with E-state index in [1.807, 2.05) is 0 Å². The molecule has 1 aromatic carbocycles. The Balaban J connectivity index is 3.30. The van der Waals surface area contributed by atoms with E-state index in [0.29, 0.717) is 0 Å². The second-order valence-electron chi connectivity index (χ2n) is 3.31. The molecule has 0 heterocycles. The third-order valence-electron chi connectivity index (χ3n) is 1.93. The molecule has 0 amide bonds. The van der Waals surface area contributed by atoms with Crippen molar-refractivity contribution in [1.29, 1.82) is 0 Å². The van der Waals surface area contributed by atoms with Crippen LogP contribution in [0.4, 0.5) is 0 Å². The van der Waals surface area contributed by atoms with Crippen molar-refractivity contribution < 1.29 is 15.4 Å². The molecule has 0 saturated carbocycles. The van der Waals surface area contributed by atoms with Crippen LogP contribution in [-0.4, -0.2) is 21.1 Å². The lowest BCUT2D eigenvalue weighted by Gasteiger charge is -2.11. The lowest BCUT2D eigenvalue weighted by molar-refractivity contribution is 0.315. The third-order valence-corrected chi connectivity index (χ3v) is 1.93. The molecule has 0 aliphatic rings. The number of phenolic OH excluding ortho intramolecular Hbond substituents is 2. The fourth-order valence-electron chi connectivity index (χ4n) is 1.24. The van der Waals surface area contributed by atoms with Crippen molar-refractivity contribution in [2.45, 2.75) is 13.8 Å². The maximum absolute atomic E-state index is 9.49. The average molecular weight is 195 g/mol. The van der Waals surface area contributed by atoms with Gasteiger partial charge in [-0.25, -0.2) is 0 Å². The fraction of sp³-hybridized carbons (Fsp3) is 0.300. The zero-order chi connectivity index (χ0) is 10.7. The normalized spacial score (nSPS) is 12.1. The van der Waals surface area contributed by atoms with Gasteiger partial charge in [-0.3, -0.25) is 0 Å². The number of rotatable bonds is 2. The zero-order valence-electron chi connectivity index (χ0n) is 8.10. The van der Waals surface area contributed by atoms with Crippen LogP contribution in [0.2, 0.25) is 0 Å². The Hall–Kier alpha value is -1.71. The van der Waals surface area contributed by atoms with Crippen molar-refractivity contribution in [2.24, 2.45) is 11.1 Å². The molecule has 0 aliphatic heterocycles. The molecule has 3 N–H and O–H groups in total. The van der Waals surface area contributed by atoms with Crippen molar-refractivity contribution in [2.75, 3.05) is 0 Å². The molecule has 0 atom stereocenters. The minimum atomic E-state index is -0.0912. The number of hydrogen-bond acceptors (Lipinski definition) is 4. The van der Waals surface area contributed by atoms with E-state index in [1.54, 1.807) is 13.8 Å². The topological polar surface area (TPSA) is 73.1 Å². The van der Waals surface area contributed by atoms with E-state index in [4.69, 9.17) is 5.21 Å². The first-order valence-electron chi connectivity index (χ1n) is 4.31. The summed E-state index contributed by atoms with van der Waals surface area (Å²) >= 11 is 0. The molecule has 4 heteroatoms. The molecule has 0 unspecified atom stereocenters. The van der Waals surface area contributed by atoms with Crippen LogP contribution in [0.1, 0.15) is 19.4 Å². The lowest BCUT2D eigenvalue weighted by Crippen LogP contribution is -2.09. The number of hydrogen-bond donors (Lipinski definition) is 3. The smallest absolute Gasteiger partial charge is 0.128 e. The van der Waals surface area contributed by atoms with E-state index in [9.17, 15) is 10.2 Å². The predicted molar refractivity (Wildman–Crippen MR) is 52.9 cm³/mol. The van der Waals surface area contributed by atoms with Crippen molar-refractivity contribution in [3.05, 3.63) is 23.8 Å². The van der Waals surface area contributed by atoms with Gasteiger partial charge < -0.3 is 15.4 Å². The summed E-state index contributed by atoms with van der Waals surface area (Å²) < 4.78 is 0. The number of aromatic hydroxyl groups is 2. The predicted octanol–water partition coefficient (Wildman–Crippen LogP) is 1.93. The van der Waals surface area contributed by atoms with Gasteiger partial charge in [0, 0.05) is 0 Å². The molecule has 1 rings (SSSR count). The Kier molecular flexibility index (Phi) is 2.96. The van der Waals surface area contributed by atoms with Gasteiger partial charge in [-0.05, 0) is 18.1 Å². The quantitative estimate of drug-likeness (QED) is 0.383. The Morgan fingerprint density at radius 2 is 1.71 bits per heavy atom. The molecule has 4 nitrogen and oxygen atoms in total. The Morgan fingerprint density at radius 1 is 1.21 bits per heavy atom. The highest BCUT2D eigenvalue weighted by atomic mass is 16.4. The summed E-state index contributed by atoms with van der Waals surface area (Å²) in [6, 6.07) is 4.38. The monoisotopic (exact) mass is 195 g/mol. The van der Waals surface area contributed by atoms with Crippen LogP contribution in [0.3, 0.4) is 0 Å². The van der Waals surface area contributed by atoms with Crippen LogP contribution in [0.5, 0.6) is 11.5 Å². The molecule has 76 valence electrons. The Labute approximate surface area is 82.1 Å². The van der Waals surface area contributed by atoms with Crippen molar-refractivity contribution in [3.8, 4) is 11.5 Å². The molecule has 1 aromatic rings. The highest BCUT2D eigenvalue weighted by Gasteiger charge is 2.17. The summed E-state index contributed by atoms with van der Waals surface area (Å²) in [7, 11) is 0. The molecule has 0 fully saturated rings. The molecule has 0 saturated heterocycles. The van der Waals surface area contributed by atoms with E-state index in [1.165, 1.54) is 18.2 Å². The third kappa shape index (κ3) is 1.79. The van der Waals surface area contributed by atoms with Crippen LogP contribution in [0.25, 0.3) is 0 Å². The standard InChI is InChI=1S/C10H13NO3/c1-6(2)10(11-14)9-7(12)4-3-5-8(9)13/h3-6,12-14H,1-2H3/b11-10-. The maximum Gasteiger partial charge on any atom is 0.128 e. The van der Waals surface area contributed by atoms with E-state index < -0.39 is 0 Å². The highest BCUT2D eigenvalue weighted by molar-refractivity contribution is 6.05. The summed E-state index contributed by atoms with van der Waals surface area (Å²) in [6.07, 6.45) is 0. The van der Waals surface area contributed by atoms with Crippen LogP contribution in [0, 0.1) is 5.92 Å². The second-order valence-corrected chi connectivity index (χ2v) is 3.31. The van der Waals surface area contributed by atoms with E-state index in [-0.39, 0.29) is 28.7 Å². The molecular weight excluding hydrogens is 182 g/mol. The molecule has 0 aromatic heterocycles. The number of phenols is 2. The van der Waals surface area contributed by atoms with E-state index in [0.717, 1.165) is 0 Å².